The first-order valence-corrected chi connectivity index (χ1v) is 13.9. The number of anilines is 2. The van der Waals surface area contributed by atoms with Crippen molar-refractivity contribution in [2.24, 2.45) is 0 Å². The van der Waals surface area contributed by atoms with E-state index in [1.807, 2.05) is 24.3 Å². The molecule has 1 aromatic carbocycles. The Morgan fingerprint density at radius 2 is 1.84 bits per heavy atom. The van der Waals surface area contributed by atoms with E-state index in [0.29, 0.717) is 22.9 Å². The van der Waals surface area contributed by atoms with Crippen molar-refractivity contribution in [2.45, 2.75) is 44.3 Å². The van der Waals surface area contributed by atoms with Gasteiger partial charge in [0.1, 0.15) is 0 Å². The first kappa shape index (κ1) is 28.8. The number of nitrogens with one attached hydrogen (secondary N) is 1. The fourth-order valence-electron chi connectivity index (χ4n) is 5.59. The predicted molar refractivity (Wildman–Crippen MR) is 150 cm³/mol. The number of aromatic nitrogens is 2. The highest BCUT2D eigenvalue weighted by Gasteiger charge is 2.35. The van der Waals surface area contributed by atoms with E-state index in [2.05, 4.69) is 36.9 Å². The van der Waals surface area contributed by atoms with Crippen LogP contribution in [0.5, 0.6) is 0 Å². The molecule has 5 N–H and O–H groups in total. The average Bonchev–Trinajstić information content (AvgIpc) is 2.94. The highest BCUT2D eigenvalue weighted by molar-refractivity contribution is 6.32. The molecule has 2 aliphatic heterocycles. The third kappa shape index (κ3) is 6.50. The largest absolute Gasteiger partial charge is 0.395 e. The van der Waals surface area contributed by atoms with Gasteiger partial charge in [0.2, 0.25) is 0 Å². The van der Waals surface area contributed by atoms with Gasteiger partial charge in [0.15, 0.2) is 22.5 Å². The van der Waals surface area contributed by atoms with E-state index >= 15 is 0 Å². The summed E-state index contributed by atoms with van der Waals surface area (Å²) in [7, 11) is 0. The molecule has 208 valence electrons. The molecule has 38 heavy (non-hydrogen) atoms. The maximum atomic E-state index is 12.3. The number of rotatable bonds is 9. The van der Waals surface area contributed by atoms with E-state index in [1.165, 1.54) is 0 Å². The summed E-state index contributed by atoms with van der Waals surface area (Å²) in [6.07, 6.45) is 3.04. The molecule has 0 spiro atoms. The highest BCUT2D eigenvalue weighted by atomic mass is 35.5. The lowest BCUT2D eigenvalue weighted by Crippen LogP contribution is -2.58. The Balaban J connectivity index is 1.38. The Hall–Kier alpha value is -2.21. The van der Waals surface area contributed by atoms with Crippen LogP contribution < -0.4 is 16.0 Å². The number of piperidine rings is 1. The smallest absolute Gasteiger partial charge is 0.273 e. The van der Waals surface area contributed by atoms with E-state index in [1.54, 1.807) is 0 Å². The van der Waals surface area contributed by atoms with Crippen molar-refractivity contribution < 1.29 is 15.0 Å². The van der Waals surface area contributed by atoms with Crippen molar-refractivity contribution in [2.75, 3.05) is 63.1 Å². The van der Waals surface area contributed by atoms with Gasteiger partial charge in [-0.05, 0) is 37.0 Å². The number of halogens is 2. The van der Waals surface area contributed by atoms with Gasteiger partial charge >= 0.3 is 0 Å². The maximum absolute atomic E-state index is 12.3. The van der Waals surface area contributed by atoms with Gasteiger partial charge in [0.25, 0.3) is 5.91 Å². The SMILES string of the molecule is CC[C@H]1CN(c2nc(N)c(C(=O)NCCO)nc2Cl)CCN1C1CCN([C@@H](CO)c2ccc(Cl)cc2)CC1. The summed E-state index contributed by atoms with van der Waals surface area (Å²) < 4.78 is 0. The Kier molecular flexibility index (Phi) is 10.0. The van der Waals surface area contributed by atoms with Crippen LogP contribution in [-0.2, 0) is 0 Å². The van der Waals surface area contributed by atoms with Crippen LogP contribution in [0.15, 0.2) is 24.3 Å². The van der Waals surface area contributed by atoms with Crippen LogP contribution in [0.25, 0.3) is 0 Å². The van der Waals surface area contributed by atoms with Crippen molar-refractivity contribution in [1.82, 2.24) is 25.1 Å². The lowest BCUT2D eigenvalue weighted by molar-refractivity contribution is 0.0356. The number of nitrogen functional groups attached to an aromatic ring is 1. The van der Waals surface area contributed by atoms with Crippen molar-refractivity contribution in [1.29, 1.82) is 0 Å². The second-order valence-electron chi connectivity index (χ2n) is 9.81. The quantitative estimate of drug-likeness (QED) is 0.361. The van der Waals surface area contributed by atoms with E-state index in [4.69, 9.17) is 34.0 Å². The van der Waals surface area contributed by atoms with Crippen molar-refractivity contribution in [3.8, 4) is 0 Å². The molecular weight excluding hydrogens is 529 g/mol. The van der Waals surface area contributed by atoms with E-state index in [9.17, 15) is 9.90 Å². The Bertz CT molecular complexity index is 1080. The number of benzene rings is 1. The minimum absolute atomic E-state index is 0.0156. The lowest BCUT2D eigenvalue weighted by atomic mass is 9.96. The van der Waals surface area contributed by atoms with Gasteiger partial charge in [-0.3, -0.25) is 14.6 Å². The molecule has 2 atom stereocenters. The molecule has 2 aliphatic rings. The molecule has 0 bridgehead atoms. The molecule has 0 radical (unpaired) electrons. The highest BCUT2D eigenvalue weighted by Crippen LogP contribution is 2.31. The topological polar surface area (TPSA) is 131 Å². The van der Waals surface area contributed by atoms with Gasteiger partial charge in [0, 0.05) is 56.4 Å². The fraction of sp³-hybridized carbons (Fsp3) is 0.577. The fourth-order valence-corrected chi connectivity index (χ4v) is 5.96. The summed E-state index contributed by atoms with van der Waals surface area (Å²) in [4.78, 5) is 28.0. The van der Waals surface area contributed by atoms with E-state index < -0.39 is 5.91 Å². The van der Waals surface area contributed by atoms with Crippen LogP contribution in [0, 0.1) is 0 Å². The predicted octanol–water partition coefficient (Wildman–Crippen LogP) is 2.19. The number of aliphatic hydroxyl groups excluding tert-OH is 2. The molecule has 0 aliphatic carbocycles. The van der Waals surface area contributed by atoms with Gasteiger partial charge in [-0.25, -0.2) is 9.97 Å². The molecule has 2 aromatic rings. The van der Waals surface area contributed by atoms with E-state index in [0.717, 1.165) is 57.5 Å². The van der Waals surface area contributed by atoms with Crippen LogP contribution >= 0.6 is 23.2 Å². The van der Waals surface area contributed by atoms with Gasteiger partial charge < -0.3 is 26.2 Å². The number of piperazine rings is 1. The standard InChI is InChI=1S/C26H37Cl2N7O3/c1-2-19-15-34(25-23(28)31-22(24(29)32-25)26(38)30-9-14-36)12-13-35(19)20-7-10-33(11-8-20)21(16-37)17-3-5-18(27)6-4-17/h3-6,19-21,36-37H,2,7-16H2,1H3,(H2,29,32)(H,30,38)/t19-,21-/m0/s1. The zero-order valence-electron chi connectivity index (χ0n) is 21.7. The molecule has 12 heteroatoms. The summed E-state index contributed by atoms with van der Waals surface area (Å²) in [6, 6.07) is 8.51. The van der Waals surface area contributed by atoms with Crippen LogP contribution in [0.4, 0.5) is 11.6 Å². The molecule has 1 aromatic heterocycles. The molecule has 3 heterocycles. The van der Waals surface area contributed by atoms with Crippen LogP contribution in [0.3, 0.4) is 0 Å². The maximum Gasteiger partial charge on any atom is 0.273 e. The number of carbonyl (C=O) groups excluding carboxylic acids is 1. The third-order valence-corrected chi connectivity index (χ3v) is 8.12. The molecule has 10 nitrogen and oxygen atoms in total. The first-order valence-electron chi connectivity index (χ1n) is 13.2. The second-order valence-corrected chi connectivity index (χ2v) is 10.6. The number of hydrogen-bond acceptors (Lipinski definition) is 9. The summed E-state index contributed by atoms with van der Waals surface area (Å²) >= 11 is 12.5. The average molecular weight is 567 g/mol. The lowest BCUT2D eigenvalue weighted by Gasteiger charge is -2.48. The number of nitrogens with zero attached hydrogens (tertiary/aromatic N) is 5. The monoisotopic (exact) mass is 565 g/mol. The van der Waals surface area contributed by atoms with Crippen molar-refractivity contribution >= 4 is 40.7 Å². The zero-order chi connectivity index (χ0) is 27.2. The third-order valence-electron chi connectivity index (χ3n) is 7.61. The number of carbonyl (C=O) groups is 1. The molecule has 2 saturated heterocycles. The normalized spacial score (nSPS) is 20.4. The first-order chi connectivity index (χ1) is 18.4. The number of nitrogens with two attached hydrogens (primary N) is 1. The Morgan fingerprint density at radius 3 is 2.47 bits per heavy atom. The Morgan fingerprint density at radius 1 is 1.13 bits per heavy atom. The van der Waals surface area contributed by atoms with Crippen LogP contribution in [0.1, 0.15) is 48.3 Å². The zero-order valence-corrected chi connectivity index (χ0v) is 23.2. The summed E-state index contributed by atoms with van der Waals surface area (Å²) in [5, 5.41) is 22.4. The van der Waals surface area contributed by atoms with Crippen molar-refractivity contribution in [3.63, 3.8) is 0 Å². The number of aliphatic hydroxyl groups is 2. The van der Waals surface area contributed by atoms with Crippen LogP contribution in [-0.4, -0.2) is 100 Å². The van der Waals surface area contributed by atoms with Crippen molar-refractivity contribution in [3.05, 3.63) is 45.7 Å². The van der Waals surface area contributed by atoms with Gasteiger partial charge in [-0.2, -0.15) is 0 Å². The molecule has 2 fully saturated rings. The van der Waals surface area contributed by atoms with Gasteiger partial charge in [0.05, 0.1) is 19.3 Å². The minimum Gasteiger partial charge on any atom is -0.395 e. The van der Waals surface area contributed by atoms with Crippen LogP contribution in [0.2, 0.25) is 10.2 Å². The second kappa shape index (κ2) is 13.2. The minimum atomic E-state index is -0.514. The van der Waals surface area contributed by atoms with Gasteiger partial charge in [-0.1, -0.05) is 42.3 Å². The molecule has 4 rings (SSSR count). The molecular formula is C26H37Cl2N7O3. The molecule has 0 unspecified atom stereocenters. The summed E-state index contributed by atoms with van der Waals surface area (Å²) in [5.74, 6) is -0.00837. The number of hydrogen-bond donors (Lipinski definition) is 4. The number of amides is 1. The Labute approximate surface area is 233 Å². The molecule has 0 saturated carbocycles. The van der Waals surface area contributed by atoms with Gasteiger partial charge in [-0.15, -0.1) is 0 Å². The van der Waals surface area contributed by atoms with E-state index in [-0.39, 0.29) is 42.5 Å². The summed E-state index contributed by atoms with van der Waals surface area (Å²) in [5.41, 5.74) is 7.11. The summed E-state index contributed by atoms with van der Waals surface area (Å²) in [6.45, 7) is 6.35. The molecule has 1 amide bonds. The number of likely N-dealkylation sites (tertiary alicyclic amines) is 1.